The zero-order valence-corrected chi connectivity index (χ0v) is 15.6. The van der Waals surface area contributed by atoms with Crippen molar-refractivity contribution in [1.29, 1.82) is 0 Å². The molecular weight excluding hydrogens is 368 g/mol. The van der Waals surface area contributed by atoms with Crippen LogP contribution in [0.2, 0.25) is 5.15 Å². The number of hydrogen-bond donors (Lipinski definition) is 1. The summed E-state index contributed by atoms with van der Waals surface area (Å²) in [5.41, 5.74) is 2.34. The lowest BCUT2D eigenvalue weighted by molar-refractivity contribution is -0.0401. The number of morpholine rings is 1. The van der Waals surface area contributed by atoms with Crippen molar-refractivity contribution >= 4 is 28.5 Å². The Hall–Kier alpha value is -2.64. The van der Waals surface area contributed by atoms with E-state index in [1.54, 1.807) is 29.3 Å². The van der Waals surface area contributed by atoms with Crippen LogP contribution in [0.5, 0.6) is 5.75 Å². The Bertz CT molecular complexity index is 974. The fourth-order valence-corrected chi connectivity index (χ4v) is 3.29. The molecule has 27 heavy (non-hydrogen) atoms. The molecule has 1 amide bonds. The van der Waals surface area contributed by atoms with Crippen LogP contribution in [0, 0.1) is 6.92 Å². The van der Waals surface area contributed by atoms with Crippen LogP contribution in [0.15, 0.2) is 36.5 Å². The summed E-state index contributed by atoms with van der Waals surface area (Å²) in [7, 11) is 0. The summed E-state index contributed by atoms with van der Waals surface area (Å²) in [6, 6.07) is 9.02. The summed E-state index contributed by atoms with van der Waals surface area (Å²) in [6.07, 6.45) is 1.38. The fraction of sp³-hybridized carbons (Fsp3) is 0.316. The van der Waals surface area contributed by atoms with Gasteiger partial charge in [0.2, 0.25) is 0 Å². The molecule has 4 rings (SSSR count). The number of ether oxygens (including phenoxy) is 2. The zero-order valence-electron chi connectivity index (χ0n) is 14.8. The molecule has 3 aromatic rings. The van der Waals surface area contributed by atoms with Crippen LogP contribution in [0.1, 0.15) is 16.2 Å². The number of aromatic nitrogens is 3. The van der Waals surface area contributed by atoms with Crippen molar-refractivity contribution in [1.82, 2.24) is 19.9 Å². The molecule has 0 bridgehead atoms. The molecule has 1 N–H and O–H groups in total. The number of benzene rings is 1. The Morgan fingerprint density at radius 2 is 2.33 bits per heavy atom. The molecule has 1 fully saturated rings. The van der Waals surface area contributed by atoms with Crippen LogP contribution >= 0.6 is 11.6 Å². The first-order chi connectivity index (χ1) is 13.1. The number of fused-ring (bicyclic) bond motifs is 1. The molecule has 1 aliphatic heterocycles. The van der Waals surface area contributed by atoms with Gasteiger partial charge in [-0.3, -0.25) is 4.79 Å². The SMILES string of the molecule is Cc1nc2ccc(C(=O)N3CCOC(COc4cccnc4Cl)C3)cc2[nH]1. The Morgan fingerprint density at radius 3 is 3.19 bits per heavy atom. The average Bonchev–Trinajstić information content (AvgIpc) is 3.06. The van der Waals surface area contributed by atoms with Gasteiger partial charge in [0, 0.05) is 18.3 Å². The first-order valence-corrected chi connectivity index (χ1v) is 9.08. The van der Waals surface area contributed by atoms with Gasteiger partial charge in [-0.15, -0.1) is 0 Å². The first kappa shape index (κ1) is 17.8. The molecule has 1 saturated heterocycles. The topological polar surface area (TPSA) is 80.3 Å². The highest BCUT2D eigenvalue weighted by molar-refractivity contribution is 6.30. The number of halogens is 1. The molecule has 0 aliphatic carbocycles. The molecule has 8 heteroatoms. The number of imidazole rings is 1. The lowest BCUT2D eigenvalue weighted by Crippen LogP contribution is -2.47. The van der Waals surface area contributed by atoms with Crippen molar-refractivity contribution in [2.45, 2.75) is 13.0 Å². The van der Waals surface area contributed by atoms with Crippen molar-refractivity contribution < 1.29 is 14.3 Å². The van der Waals surface area contributed by atoms with E-state index in [1.807, 2.05) is 19.1 Å². The maximum absolute atomic E-state index is 12.9. The largest absolute Gasteiger partial charge is 0.488 e. The second-order valence-corrected chi connectivity index (χ2v) is 6.76. The van der Waals surface area contributed by atoms with E-state index >= 15 is 0 Å². The minimum absolute atomic E-state index is 0.0307. The number of H-pyrrole nitrogens is 1. The van der Waals surface area contributed by atoms with E-state index in [-0.39, 0.29) is 12.0 Å². The van der Waals surface area contributed by atoms with Crippen molar-refractivity contribution in [3.8, 4) is 5.75 Å². The van der Waals surface area contributed by atoms with E-state index in [0.717, 1.165) is 16.9 Å². The maximum Gasteiger partial charge on any atom is 0.254 e. The van der Waals surface area contributed by atoms with Gasteiger partial charge in [-0.25, -0.2) is 9.97 Å². The minimum atomic E-state index is -0.225. The van der Waals surface area contributed by atoms with Crippen molar-refractivity contribution in [2.75, 3.05) is 26.3 Å². The number of rotatable bonds is 4. The van der Waals surface area contributed by atoms with E-state index in [9.17, 15) is 4.79 Å². The van der Waals surface area contributed by atoms with E-state index in [0.29, 0.717) is 42.8 Å². The normalized spacial score (nSPS) is 17.3. The monoisotopic (exact) mass is 386 g/mol. The molecule has 1 atom stereocenters. The number of aromatic amines is 1. The van der Waals surface area contributed by atoms with Gasteiger partial charge in [-0.2, -0.15) is 0 Å². The molecule has 1 aliphatic rings. The highest BCUT2D eigenvalue weighted by Gasteiger charge is 2.26. The number of amides is 1. The van der Waals surface area contributed by atoms with E-state index < -0.39 is 0 Å². The molecule has 140 valence electrons. The maximum atomic E-state index is 12.9. The van der Waals surface area contributed by atoms with E-state index in [4.69, 9.17) is 21.1 Å². The molecule has 0 spiro atoms. The highest BCUT2D eigenvalue weighted by atomic mass is 35.5. The smallest absolute Gasteiger partial charge is 0.254 e. The lowest BCUT2D eigenvalue weighted by atomic mass is 10.1. The van der Waals surface area contributed by atoms with Gasteiger partial charge in [-0.05, 0) is 37.3 Å². The van der Waals surface area contributed by atoms with Crippen LogP contribution in [0.4, 0.5) is 0 Å². The second-order valence-electron chi connectivity index (χ2n) is 6.40. The summed E-state index contributed by atoms with van der Waals surface area (Å²) in [6.45, 7) is 3.66. The van der Waals surface area contributed by atoms with Gasteiger partial charge in [-0.1, -0.05) is 11.6 Å². The highest BCUT2D eigenvalue weighted by Crippen LogP contribution is 2.21. The fourth-order valence-electron chi connectivity index (χ4n) is 3.12. The quantitative estimate of drug-likeness (QED) is 0.697. The third kappa shape index (κ3) is 3.89. The first-order valence-electron chi connectivity index (χ1n) is 8.71. The van der Waals surface area contributed by atoms with Crippen LogP contribution < -0.4 is 4.74 Å². The van der Waals surface area contributed by atoms with Crippen molar-refractivity contribution in [3.05, 3.63) is 53.1 Å². The Morgan fingerprint density at radius 1 is 1.44 bits per heavy atom. The standard InChI is InChI=1S/C19H19ClN4O3/c1-12-22-15-5-4-13(9-16(15)23-12)19(25)24-7-8-26-14(10-24)11-27-17-3-2-6-21-18(17)20/h2-6,9,14H,7-8,10-11H2,1H3,(H,22,23). The average molecular weight is 387 g/mol. The molecule has 0 saturated carbocycles. The van der Waals surface area contributed by atoms with Gasteiger partial charge < -0.3 is 19.4 Å². The molecule has 1 unspecified atom stereocenters. The van der Waals surface area contributed by atoms with Crippen molar-refractivity contribution in [2.24, 2.45) is 0 Å². The van der Waals surface area contributed by atoms with Crippen LogP contribution in [0.3, 0.4) is 0 Å². The number of carbonyl (C=O) groups is 1. The number of carbonyl (C=O) groups excluding carboxylic acids is 1. The predicted octanol–water partition coefficient (Wildman–Crippen LogP) is 2.84. The summed E-state index contributed by atoms with van der Waals surface area (Å²) in [4.78, 5) is 26.2. The minimum Gasteiger partial charge on any atom is -0.488 e. The van der Waals surface area contributed by atoms with Gasteiger partial charge in [0.1, 0.15) is 18.5 Å². The summed E-state index contributed by atoms with van der Waals surface area (Å²) < 4.78 is 11.4. The Balaban J connectivity index is 1.42. The molecule has 1 aromatic carbocycles. The molecular formula is C19H19ClN4O3. The summed E-state index contributed by atoms with van der Waals surface area (Å²) >= 11 is 6.00. The van der Waals surface area contributed by atoms with E-state index in [1.165, 1.54) is 0 Å². The van der Waals surface area contributed by atoms with Gasteiger partial charge in [0.15, 0.2) is 10.9 Å². The molecule has 3 heterocycles. The summed E-state index contributed by atoms with van der Waals surface area (Å²) in [5, 5.41) is 0.310. The number of hydrogen-bond acceptors (Lipinski definition) is 5. The lowest BCUT2D eigenvalue weighted by Gasteiger charge is -2.33. The molecule has 0 radical (unpaired) electrons. The zero-order chi connectivity index (χ0) is 18.8. The van der Waals surface area contributed by atoms with Crippen molar-refractivity contribution in [3.63, 3.8) is 0 Å². The third-order valence-corrected chi connectivity index (χ3v) is 4.71. The third-order valence-electron chi connectivity index (χ3n) is 4.42. The van der Waals surface area contributed by atoms with E-state index in [2.05, 4.69) is 15.0 Å². The number of aryl methyl sites for hydroxylation is 1. The van der Waals surface area contributed by atoms with Crippen LogP contribution in [0.25, 0.3) is 11.0 Å². The summed E-state index contributed by atoms with van der Waals surface area (Å²) in [5.74, 6) is 1.30. The number of nitrogens with zero attached hydrogens (tertiary/aromatic N) is 3. The van der Waals surface area contributed by atoms with Gasteiger partial charge >= 0.3 is 0 Å². The molecule has 7 nitrogen and oxygen atoms in total. The molecule has 2 aromatic heterocycles. The Kier molecular flexibility index (Phi) is 4.96. The number of pyridine rings is 1. The van der Waals surface area contributed by atoms with Crippen LogP contribution in [-0.2, 0) is 4.74 Å². The van der Waals surface area contributed by atoms with Gasteiger partial charge in [0.05, 0.1) is 24.2 Å². The predicted molar refractivity (Wildman–Crippen MR) is 101 cm³/mol. The Labute approximate surface area is 161 Å². The number of nitrogens with one attached hydrogen (secondary N) is 1. The van der Waals surface area contributed by atoms with Crippen LogP contribution in [-0.4, -0.2) is 58.2 Å². The van der Waals surface area contributed by atoms with Gasteiger partial charge in [0.25, 0.3) is 5.91 Å². The second kappa shape index (κ2) is 7.54.